The van der Waals surface area contributed by atoms with Crippen molar-refractivity contribution < 1.29 is 51.3 Å². The van der Waals surface area contributed by atoms with Crippen molar-refractivity contribution in [2.45, 2.75) is 31.8 Å². The van der Waals surface area contributed by atoms with Gasteiger partial charge in [-0.3, -0.25) is 13.9 Å². The van der Waals surface area contributed by atoms with Crippen LogP contribution >= 0.6 is 0 Å². The van der Waals surface area contributed by atoms with Gasteiger partial charge in [-0.2, -0.15) is 0 Å². The number of halogens is 1. The van der Waals surface area contributed by atoms with E-state index >= 15 is 0 Å². The number of carboxylic acid groups (broad SMARTS) is 1. The summed E-state index contributed by atoms with van der Waals surface area (Å²) in [7, 11) is -2.25. The van der Waals surface area contributed by atoms with Crippen LogP contribution in [0.15, 0.2) is 76.9 Å². The van der Waals surface area contributed by atoms with Crippen molar-refractivity contribution in [3.05, 3.63) is 101 Å². The highest BCUT2D eigenvalue weighted by atomic mass is 32.2. The van der Waals surface area contributed by atoms with Crippen LogP contribution in [0.5, 0.6) is 0 Å². The van der Waals surface area contributed by atoms with Crippen LogP contribution in [0.4, 0.5) is 10.1 Å². The van der Waals surface area contributed by atoms with Gasteiger partial charge >= 0.3 is 5.97 Å². The molecule has 14 heteroatoms. The summed E-state index contributed by atoms with van der Waals surface area (Å²) in [6.45, 7) is 0.919. The standard InChI is InChI=1S/C36H37FN2O10S/c1-38-35(42)33-28-18-27(23-7-8-23)29(19-32(28)49-34(33)24-9-11-26(37)12-10-24)39(50(2,45)46)13-16-47-14-4-15-48-21-22-5-3-6-25(17-22)30(40)20-31(41)36(43)44/h3,5-6,9-12,17-20,23,41H,4,7-8,13-16,21H2,1-2H3,(H,38,42)(H,43,44). The summed E-state index contributed by atoms with van der Waals surface area (Å²) in [4.78, 5) is 36.0. The highest BCUT2D eigenvalue weighted by Gasteiger charge is 2.33. The van der Waals surface area contributed by atoms with E-state index in [0.29, 0.717) is 53.5 Å². The summed E-state index contributed by atoms with van der Waals surface area (Å²) in [6.07, 6.45) is 4.01. The summed E-state index contributed by atoms with van der Waals surface area (Å²) in [5.74, 6) is -3.75. The van der Waals surface area contributed by atoms with Crippen LogP contribution in [0.1, 0.15) is 57.0 Å². The van der Waals surface area contributed by atoms with Gasteiger partial charge in [0.2, 0.25) is 15.8 Å². The largest absolute Gasteiger partial charge is 0.502 e. The highest BCUT2D eigenvalue weighted by molar-refractivity contribution is 7.92. The number of carbonyl (C=O) groups is 3. The van der Waals surface area contributed by atoms with Crippen molar-refractivity contribution in [1.82, 2.24) is 5.32 Å². The zero-order chi connectivity index (χ0) is 36.0. The lowest BCUT2D eigenvalue weighted by atomic mass is 10.0. The number of hydrogen-bond acceptors (Lipinski definition) is 9. The number of nitrogens with zero attached hydrogens (tertiary/aromatic N) is 1. The number of benzene rings is 3. The number of furan rings is 1. The lowest BCUT2D eigenvalue weighted by Gasteiger charge is -2.25. The minimum absolute atomic E-state index is 0.0332. The van der Waals surface area contributed by atoms with Crippen molar-refractivity contribution in [3.8, 4) is 11.3 Å². The molecule has 264 valence electrons. The highest BCUT2D eigenvalue weighted by Crippen LogP contribution is 2.48. The fraction of sp³-hybridized carbons (Fsp3) is 0.306. The normalized spacial score (nSPS) is 13.4. The first kappa shape index (κ1) is 36.2. The van der Waals surface area contributed by atoms with Crippen LogP contribution in [0.2, 0.25) is 0 Å². The number of sulfonamides is 1. The van der Waals surface area contributed by atoms with Gasteiger partial charge in [0.15, 0.2) is 5.78 Å². The summed E-state index contributed by atoms with van der Waals surface area (Å²) >= 11 is 0. The number of nitrogens with one attached hydrogen (secondary N) is 1. The topological polar surface area (TPSA) is 173 Å². The predicted octanol–water partition coefficient (Wildman–Crippen LogP) is 5.57. The maximum Gasteiger partial charge on any atom is 0.371 e. The van der Waals surface area contributed by atoms with Gasteiger partial charge in [0.25, 0.3) is 5.91 Å². The van der Waals surface area contributed by atoms with E-state index in [1.165, 1.54) is 41.7 Å². The molecule has 5 rings (SSSR count). The Labute approximate surface area is 288 Å². The third-order valence-corrected chi connectivity index (χ3v) is 9.25. The Morgan fingerprint density at radius 1 is 1.02 bits per heavy atom. The van der Waals surface area contributed by atoms with E-state index in [1.807, 2.05) is 6.07 Å². The molecule has 4 aromatic rings. The van der Waals surface area contributed by atoms with Crippen LogP contribution in [0, 0.1) is 5.82 Å². The van der Waals surface area contributed by atoms with Gasteiger partial charge in [0.1, 0.15) is 17.2 Å². The predicted molar refractivity (Wildman–Crippen MR) is 183 cm³/mol. The van der Waals surface area contributed by atoms with Gasteiger partial charge in [-0.25, -0.2) is 17.6 Å². The van der Waals surface area contributed by atoms with E-state index < -0.39 is 33.4 Å². The molecule has 1 aliphatic carbocycles. The first-order valence-corrected chi connectivity index (χ1v) is 17.7. The first-order valence-electron chi connectivity index (χ1n) is 15.9. The van der Waals surface area contributed by atoms with Gasteiger partial charge in [-0.05, 0) is 72.7 Å². The molecule has 1 fully saturated rings. The Balaban J connectivity index is 1.23. The average Bonchev–Trinajstić information content (AvgIpc) is 3.86. The lowest BCUT2D eigenvalue weighted by molar-refractivity contribution is -0.135. The number of anilines is 1. The second kappa shape index (κ2) is 15.7. The fourth-order valence-electron chi connectivity index (χ4n) is 5.49. The molecule has 0 aliphatic heterocycles. The van der Waals surface area contributed by atoms with E-state index in [4.69, 9.17) is 19.0 Å². The number of ether oxygens (including phenoxy) is 2. The van der Waals surface area contributed by atoms with Crippen LogP contribution in [0.3, 0.4) is 0 Å². The van der Waals surface area contributed by atoms with Gasteiger partial charge in [-0.1, -0.05) is 18.2 Å². The Morgan fingerprint density at radius 3 is 2.40 bits per heavy atom. The molecule has 1 aliphatic rings. The molecule has 1 amide bonds. The van der Waals surface area contributed by atoms with E-state index in [9.17, 15) is 32.3 Å². The van der Waals surface area contributed by atoms with Crippen molar-refractivity contribution in [2.75, 3.05) is 44.0 Å². The minimum atomic E-state index is -3.75. The number of aliphatic carboxylic acids is 1. The molecule has 0 atom stereocenters. The zero-order valence-corrected chi connectivity index (χ0v) is 28.3. The number of allylic oxidation sites excluding steroid dienone is 1. The lowest BCUT2D eigenvalue weighted by Crippen LogP contribution is -2.34. The maximum absolute atomic E-state index is 13.7. The molecular formula is C36H37FN2O10S. The zero-order valence-electron chi connectivity index (χ0n) is 27.5. The Bertz CT molecular complexity index is 2040. The van der Waals surface area contributed by atoms with Crippen molar-refractivity contribution >= 4 is 44.3 Å². The summed E-state index contributed by atoms with van der Waals surface area (Å²) in [6, 6.07) is 15.5. The van der Waals surface area contributed by atoms with Crippen LogP contribution < -0.4 is 9.62 Å². The number of carboxylic acids is 1. The van der Waals surface area contributed by atoms with Crippen molar-refractivity contribution in [1.29, 1.82) is 0 Å². The van der Waals surface area contributed by atoms with Crippen molar-refractivity contribution in [2.24, 2.45) is 0 Å². The quantitative estimate of drug-likeness (QED) is 0.0545. The van der Waals surface area contributed by atoms with E-state index in [1.54, 1.807) is 24.3 Å². The molecule has 0 saturated heterocycles. The number of hydrogen-bond donors (Lipinski definition) is 3. The molecule has 0 spiro atoms. The number of carbonyl (C=O) groups excluding carboxylic acids is 2. The number of aliphatic hydroxyl groups excluding tert-OH is 1. The maximum atomic E-state index is 13.7. The van der Waals surface area contributed by atoms with Gasteiger partial charge in [0.05, 0.1) is 37.3 Å². The van der Waals surface area contributed by atoms with Crippen molar-refractivity contribution in [3.63, 3.8) is 0 Å². The van der Waals surface area contributed by atoms with Crippen LogP contribution in [-0.4, -0.2) is 76.0 Å². The van der Waals surface area contributed by atoms with E-state index in [2.05, 4.69) is 5.32 Å². The SMILES string of the molecule is CNC(=O)c1c(-c2ccc(F)cc2)oc2cc(N(CCOCCCOCc3cccc(C(=O)C=C(O)C(=O)O)c3)S(C)(=O)=O)c(C3CC3)cc12. The molecular weight excluding hydrogens is 671 g/mol. The number of rotatable bonds is 17. The molecule has 0 radical (unpaired) electrons. The van der Waals surface area contributed by atoms with Gasteiger partial charge in [-0.15, -0.1) is 0 Å². The third kappa shape index (κ3) is 8.75. The molecule has 0 bridgehead atoms. The second-order valence-corrected chi connectivity index (χ2v) is 13.7. The molecule has 1 aromatic heterocycles. The molecule has 0 unspecified atom stereocenters. The summed E-state index contributed by atoms with van der Waals surface area (Å²) in [5.41, 5.74) is 3.22. The first-order chi connectivity index (χ1) is 23.9. The number of amides is 1. The van der Waals surface area contributed by atoms with Gasteiger partial charge in [0, 0.05) is 48.9 Å². The number of aliphatic hydroxyl groups is 1. The third-order valence-electron chi connectivity index (χ3n) is 8.07. The monoisotopic (exact) mass is 708 g/mol. The molecule has 1 saturated carbocycles. The van der Waals surface area contributed by atoms with E-state index in [-0.39, 0.29) is 48.5 Å². The molecule has 1 heterocycles. The number of fused-ring (bicyclic) bond motifs is 1. The average molecular weight is 709 g/mol. The Kier molecular flexibility index (Phi) is 11.3. The molecule has 12 nitrogen and oxygen atoms in total. The molecule has 3 N–H and O–H groups in total. The Hall–Kier alpha value is -5.05. The summed E-state index contributed by atoms with van der Waals surface area (Å²) < 4.78 is 58.7. The number of ketones is 1. The molecule has 3 aromatic carbocycles. The molecule has 50 heavy (non-hydrogen) atoms. The smallest absolute Gasteiger partial charge is 0.371 e. The van der Waals surface area contributed by atoms with Crippen LogP contribution in [-0.2, 0) is 30.9 Å². The summed E-state index contributed by atoms with van der Waals surface area (Å²) in [5, 5.41) is 21.2. The minimum Gasteiger partial charge on any atom is -0.502 e. The van der Waals surface area contributed by atoms with Gasteiger partial charge < -0.3 is 29.4 Å². The van der Waals surface area contributed by atoms with E-state index in [0.717, 1.165) is 24.7 Å². The second-order valence-electron chi connectivity index (χ2n) is 11.8. The van der Waals surface area contributed by atoms with Crippen LogP contribution in [0.25, 0.3) is 22.3 Å². The fourth-order valence-corrected chi connectivity index (χ4v) is 6.41. The Morgan fingerprint density at radius 2 is 1.74 bits per heavy atom.